The number of carbonyl (C=O) groups excluding carboxylic acids is 1. The van der Waals surface area contributed by atoms with Crippen LogP contribution in [-0.4, -0.2) is 43.8 Å². The van der Waals surface area contributed by atoms with E-state index in [0.717, 1.165) is 41.7 Å². The SMILES string of the molecule is Nc1nc(-c2ccccc2)nc2nc([C@@H]3CCCN(C(=O)Cc4ccccn4)C3)ccc12. The molecule has 1 atom stereocenters. The van der Waals surface area contributed by atoms with Gasteiger partial charge in [-0.05, 0) is 37.1 Å². The van der Waals surface area contributed by atoms with E-state index in [0.29, 0.717) is 30.3 Å². The molecule has 1 fully saturated rings. The Kier molecular flexibility index (Phi) is 5.46. The number of rotatable bonds is 4. The number of hydrogen-bond donors (Lipinski definition) is 1. The second-order valence-corrected chi connectivity index (χ2v) is 8.08. The number of piperidine rings is 1. The van der Waals surface area contributed by atoms with Gasteiger partial charge in [0.25, 0.3) is 0 Å². The van der Waals surface area contributed by atoms with Gasteiger partial charge in [-0.15, -0.1) is 0 Å². The quantitative estimate of drug-likeness (QED) is 0.537. The summed E-state index contributed by atoms with van der Waals surface area (Å²) in [5, 5.41) is 0.743. The molecule has 2 N–H and O–H groups in total. The van der Waals surface area contributed by atoms with E-state index >= 15 is 0 Å². The summed E-state index contributed by atoms with van der Waals surface area (Å²) in [4.78, 5) is 33.0. The molecule has 1 aliphatic heterocycles. The molecule has 160 valence electrons. The van der Waals surface area contributed by atoms with Crippen LogP contribution in [0.2, 0.25) is 0 Å². The molecule has 0 radical (unpaired) electrons. The van der Waals surface area contributed by atoms with Gasteiger partial charge in [0.1, 0.15) is 5.82 Å². The van der Waals surface area contributed by atoms with E-state index < -0.39 is 0 Å². The number of nitrogens with two attached hydrogens (primary N) is 1. The monoisotopic (exact) mass is 424 g/mol. The van der Waals surface area contributed by atoms with Gasteiger partial charge in [-0.2, -0.15) is 0 Å². The van der Waals surface area contributed by atoms with Crippen LogP contribution in [0.4, 0.5) is 5.82 Å². The van der Waals surface area contributed by atoms with Crippen molar-refractivity contribution in [1.29, 1.82) is 0 Å². The Bertz CT molecular complexity index is 1250. The van der Waals surface area contributed by atoms with Crippen LogP contribution in [0.25, 0.3) is 22.4 Å². The first kappa shape index (κ1) is 20.1. The van der Waals surface area contributed by atoms with Crippen LogP contribution in [0, 0.1) is 0 Å². The van der Waals surface area contributed by atoms with Crippen molar-refractivity contribution < 1.29 is 4.79 Å². The molecule has 4 aromatic rings. The van der Waals surface area contributed by atoms with E-state index in [-0.39, 0.29) is 11.8 Å². The maximum Gasteiger partial charge on any atom is 0.228 e. The molecule has 7 heteroatoms. The van der Waals surface area contributed by atoms with Crippen LogP contribution in [-0.2, 0) is 11.2 Å². The van der Waals surface area contributed by atoms with Crippen molar-refractivity contribution in [1.82, 2.24) is 24.8 Å². The van der Waals surface area contributed by atoms with Crippen molar-refractivity contribution in [2.45, 2.75) is 25.2 Å². The molecule has 1 aromatic carbocycles. The van der Waals surface area contributed by atoms with Crippen LogP contribution >= 0.6 is 0 Å². The van der Waals surface area contributed by atoms with E-state index in [2.05, 4.69) is 15.0 Å². The molecule has 0 saturated carbocycles. The van der Waals surface area contributed by atoms with E-state index in [1.54, 1.807) is 6.20 Å². The fraction of sp³-hybridized carbons (Fsp3) is 0.240. The second kappa shape index (κ2) is 8.70. The highest BCUT2D eigenvalue weighted by atomic mass is 16.2. The molecule has 3 aromatic heterocycles. The minimum atomic E-state index is 0.104. The minimum Gasteiger partial charge on any atom is -0.383 e. The van der Waals surface area contributed by atoms with Gasteiger partial charge in [-0.3, -0.25) is 9.78 Å². The number of amides is 1. The van der Waals surface area contributed by atoms with Gasteiger partial charge in [0.15, 0.2) is 11.5 Å². The zero-order valence-electron chi connectivity index (χ0n) is 17.7. The largest absolute Gasteiger partial charge is 0.383 e. The lowest BCUT2D eigenvalue weighted by atomic mass is 9.93. The Labute approximate surface area is 186 Å². The fourth-order valence-corrected chi connectivity index (χ4v) is 4.21. The first-order valence-electron chi connectivity index (χ1n) is 10.8. The zero-order valence-corrected chi connectivity index (χ0v) is 17.7. The summed E-state index contributed by atoms with van der Waals surface area (Å²) in [6, 6.07) is 19.3. The van der Waals surface area contributed by atoms with Gasteiger partial charge in [-0.1, -0.05) is 36.4 Å². The minimum absolute atomic E-state index is 0.104. The maximum atomic E-state index is 12.8. The summed E-state index contributed by atoms with van der Waals surface area (Å²) >= 11 is 0. The number of pyridine rings is 2. The number of anilines is 1. The van der Waals surface area contributed by atoms with Gasteiger partial charge in [0.2, 0.25) is 5.91 Å². The number of carbonyl (C=O) groups is 1. The van der Waals surface area contributed by atoms with Crippen molar-refractivity contribution in [3.05, 3.63) is 78.2 Å². The molecule has 0 unspecified atom stereocenters. The first-order chi connectivity index (χ1) is 15.7. The number of nitrogen functional groups attached to an aromatic ring is 1. The molecule has 4 heterocycles. The Balaban J connectivity index is 1.39. The first-order valence-corrected chi connectivity index (χ1v) is 10.8. The molecule has 1 saturated heterocycles. The van der Waals surface area contributed by atoms with Gasteiger partial charge in [0, 0.05) is 42.2 Å². The molecule has 7 nitrogen and oxygen atoms in total. The molecular weight excluding hydrogens is 400 g/mol. The topological polar surface area (TPSA) is 97.9 Å². The molecule has 5 rings (SSSR count). The average Bonchev–Trinajstić information content (AvgIpc) is 2.85. The smallest absolute Gasteiger partial charge is 0.228 e. The number of hydrogen-bond acceptors (Lipinski definition) is 6. The van der Waals surface area contributed by atoms with Crippen LogP contribution < -0.4 is 5.73 Å². The van der Waals surface area contributed by atoms with E-state index in [9.17, 15) is 4.79 Å². The third kappa shape index (κ3) is 4.14. The summed E-state index contributed by atoms with van der Waals surface area (Å²) < 4.78 is 0. The summed E-state index contributed by atoms with van der Waals surface area (Å²) in [7, 11) is 0. The molecular formula is C25H24N6O. The number of aromatic nitrogens is 4. The highest BCUT2D eigenvalue weighted by Crippen LogP contribution is 2.29. The van der Waals surface area contributed by atoms with Crippen LogP contribution in [0.15, 0.2) is 66.9 Å². The van der Waals surface area contributed by atoms with Crippen LogP contribution in [0.3, 0.4) is 0 Å². The Morgan fingerprint density at radius 1 is 1.00 bits per heavy atom. The lowest BCUT2D eigenvalue weighted by Crippen LogP contribution is -2.40. The highest BCUT2D eigenvalue weighted by molar-refractivity contribution is 5.87. The summed E-state index contributed by atoms with van der Waals surface area (Å²) in [6.07, 6.45) is 3.97. The second-order valence-electron chi connectivity index (χ2n) is 8.08. The fourth-order valence-electron chi connectivity index (χ4n) is 4.21. The van der Waals surface area contributed by atoms with Crippen molar-refractivity contribution >= 4 is 22.8 Å². The molecule has 1 amide bonds. The predicted molar refractivity (Wildman–Crippen MR) is 124 cm³/mol. The Morgan fingerprint density at radius 3 is 2.66 bits per heavy atom. The third-order valence-electron chi connectivity index (χ3n) is 5.89. The van der Waals surface area contributed by atoms with E-state index in [4.69, 9.17) is 10.7 Å². The maximum absolute atomic E-state index is 12.8. The number of benzene rings is 1. The molecule has 0 bridgehead atoms. The van der Waals surface area contributed by atoms with Crippen molar-refractivity contribution in [2.75, 3.05) is 18.8 Å². The summed E-state index contributed by atoms with van der Waals surface area (Å²) in [5.74, 6) is 1.25. The van der Waals surface area contributed by atoms with E-state index in [1.165, 1.54) is 0 Å². The Hall–Kier alpha value is -3.87. The van der Waals surface area contributed by atoms with Crippen molar-refractivity contribution in [2.24, 2.45) is 0 Å². The van der Waals surface area contributed by atoms with Gasteiger partial charge < -0.3 is 10.6 Å². The van der Waals surface area contributed by atoms with Gasteiger partial charge in [0.05, 0.1) is 11.8 Å². The standard InChI is InChI=1S/C25H24N6O/c26-23-20-11-12-21(28-25(20)30-24(29-23)17-7-2-1-3-8-17)18-9-6-14-31(16-18)22(32)15-19-10-4-5-13-27-19/h1-5,7-8,10-13,18H,6,9,14-16H2,(H2,26,28,29,30)/t18-/m1/s1. The summed E-state index contributed by atoms with van der Waals surface area (Å²) in [6.45, 7) is 1.42. The van der Waals surface area contributed by atoms with E-state index in [1.807, 2.05) is 65.6 Å². The molecule has 0 aliphatic carbocycles. The van der Waals surface area contributed by atoms with Crippen LogP contribution in [0.5, 0.6) is 0 Å². The average molecular weight is 425 g/mol. The number of nitrogens with zero attached hydrogens (tertiary/aromatic N) is 5. The van der Waals surface area contributed by atoms with Crippen LogP contribution in [0.1, 0.15) is 30.1 Å². The Morgan fingerprint density at radius 2 is 1.84 bits per heavy atom. The zero-order chi connectivity index (χ0) is 21.9. The normalized spacial score (nSPS) is 16.2. The number of likely N-dealkylation sites (tertiary alicyclic amines) is 1. The number of fused-ring (bicyclic) bond motifs is 1. The van der Waals surface area contributed by atoms with Gasteiger partial charge >= 0.3 is 0 Å². The third-order valence-corrected chi connectivity index (χ3v) is 5.89. The van der Waals surface area contributed by atoms with Crippen molar-refractivity contribution in [3.63, 3.8) is 0 Å². The van der Waals surface area contributed by atoms with Crippen molar-refractivity contribution in [3.8, 4) is 11.4 Å². The predicted octanol–water partition coefficient (Wildman–Crippen LogP) is 3.62. The highest BCUT2D eigenvalue weighted by Gasteiger charge is 2.26. The lowest BCUT2D eigenvalue weighted by Gasteiger charge is -2.32. The molecule has 32 heavy (non-hydrogen) atoms. The molecule has 1 aliphatic rings. The molecule has 0 spiro atoms. The summed E-state index contributed by atoms with van der Waals surface area (Å²) in [5.41, 5.74) is 9.43. The van der Waals surface area contributed by atoms with Gasteiger partial charge in [-0.25, -0.2) is 15.0 Å². The lowest BCUT2D eigenvalue weighted by molar-refractivity contribution is -0.131.